The Morgan fingerprint density at radius 3 is 2.62 bits per heavy atom. The van der Waals surface area contributed by atoms with E-state index < -0.39 is 0 Å². The summed E-state index contributed by atoms with van der Waals surface area (Å²) in [6.45, 7) is 3.98. The van der Waals surface area contributed by atoms with Gasteiger partial charge in [0.15, 0.2) is 5.84 Å². The van der Waals surface area contributed by atoms with Gasteiger partial charge in [0, 0.05) is 12.6 Å². The number of hydrogen-bond acceptors (Lipinski definition) is 4. The van der Waals surface area contributed by atoms with E-state index in [1.54, 1.807) is 0 Å². The Balaban J connectivity index is 3.92. The fourth-order valence-corrected chi connectivity index (χ4v) is 1.09. The van der Waals surface area contributed by atoms with Gasteiger partial charge >= 0.3 is 0 Å². The van der Waals surface area contributed by atoms with E-state index >= 15 is 0 Å². The smallest absolute Gasteiger partial charge is 0.156 e. The third-order valence-electron chi connectivity index (χ3n) is 2.02. The fourth-order valence-electron chi connectivity index (χ4n) is 1.09. The van der Waals surface area contributed by atoms with E-state index in [1.807, 2.05) is 13.8 Å². The highest BCUT2D eigenvalue weighted by atomic mass is 16.4. The molecule has 0 aromatic heterocycles. The second kappa shape index (κ2) is 6.68. The summed E-state index contributed by atoms with van der Waals surface area (Å²) in [6.07, 6.45) is 1.59. The molecule has 0 aliphatic heterocycles. The van der Waals surface area contributed by atoms with Crippen LogP contribution in [-0.4, -0.2) is 34.8 Å². The molecule has 0 aromatic rings. The van der Waals surface area contributed by atoms with E-state index in [1.165, 1.54) is 0 Å². The molecule has 0 rings (SSSR count). The average Bonchev–Trinajstić information content (AvgIpc) is 2.15. The Morgan fingerprint density at radius 2 is 2.23 bits per heavy atom. The van der Waals surface area contributed by atoms with Gasteiger partial charge in [0.1, 0.15) is 0 Å². The van der Waals surface area contributed by atoms with E-state index in [2.05, 4.69) is 10.5 Å². The Kier molecular flexibility index (Phi) is 6.26. The summed E-state index contributed by atoms with van der Waals surface area (Å²) in [4.78, 5) is 0. The van der Waals surface area contributed by atoms with Crippen LogP contribution in [0.5, 0.6) is 0 Å². The van der Waals surface area contributed by atoms with Gasteiger partial charge in [0.2, 0.25) is 0 Å². The quantitative estimate of drug-likeness (QED) is 0.203. The topological polar surface area (TPSA) is 90.9 Å². The van der Waals surface area contributed by atoms with Crippen molar-refractivity contribution in [1.29, 1.82) is 0 Å². The first-order valence-corrected chi connectivity index (χ1v) is 4.50. The zero-order valence-electron chi connectivity index (χ0n) is 8.20. The number of aliphatic hydroxyl groups is 1. The maximum Gasteiger partial charge on any atom is 0.156 e. The Morgan fingerprint density at radius 1 is 1.62 bits per heavy atom. The lowest BCUT2D eigenvalue weighted by molar-refractivity contribution is 0.260. The first-order valence-electron chi connectivity index (χ1n) is 4.50. The number of nitrogens with two attached hydrogens (primary N) is 1. The van der Waals surface area contributed by atoms with Crippen LogP contribution in [0, 0.1) is 0 Å². The van der Waals surface area contributed by atoms with Gasteiger partial charge in [-0.05, 0) is 19.8 Å². The zero-order chi connectivity index (χ0) is 10.3. The van der Waals surface area contributed by atoms with Crippen molar-refractivity contribution in [3.8, 4) is 0 Å². The number of oxime groups is 1. The van der Waals surface area contributed by atoms with Gasteiger partial charge < -0.3 is 21.4 Å². The number of amidine groups is 1. The summed E-state index contributed by atoms with van der Waals surface area (Å²) in [5.41, 5.74) is 5.39. The molecule has 13 heavy (non-hydrogen) atoms. The minimum atomic E-state index is -0.165. The zero-order valence-corrected chi connectivity index (χ0v) is 8.20. The minimum absolute atomic E-state index is 0.147. The number of hydrogen-bond donors (Lipinski definition) is 4. The minimum Gasteiger partial charge on any atom is -0.409 e. The van der Waals surface area contributed by atoms with Crippen LogP contribution in [0.3, 0.4) is 0 Å². The van der Waals surface area contributed by atoms with Gasteiger partial charge in [-0.1, -0.05) is 12.1 Å². The number of nitrogens with zero attached hydrogens (tertiary/aromatic N) is 1. The van der Waals surface area contributed by atoms with Crippen molar-refractivity contribution in [3.63, 3.8) is 0 Å². The summed E-state index contributed by atoms with van der Waals surface area (Å²) in [5, 5.41) is 23.2. The molecule has 0 spiro atoms. The summed E-state index contributed by atoms with van der Waals surface area (Å²) in [5.74, 6) is 0.163. The van der Waals surface area contributed by atoms with Crippen molar-refractivity contribution in [3.05, 3.63) is 0 Å². The monoisotopic (exact) mass is 189 g/mol. The van der Waals surface area contributed by atoms with Gasteiger partial charge in [-0.2, -0.15) is 0 Å². The number of nitrogens with one attached hydrogen (secondary N) is 1. The number of aliphatic hydroxyl groups excluding tert-OH is 1. The first kappa shape index (κ1) is 12.2. The van der Waals surface area contributed by atoms with Crippen molar-refractivity contribution in [2.75, 3.05) is 6.61 Å². The van der Waals surface area contributed by atoms with Crippen molar-refractivity contribution in [1.82, 2.24) is 5.32 Å². The first-order chi connectivity index (χ1) is 6.15. The second-order valence-corrected chi connectivity index (χ2v) is 3.03. The lowest BCUT2D eigenvalue weighted by Crippen LogP contribution is -2.44. The summed E-state index contributed by atoms with van der Waals surface area (Å²) in [6, 6.07) is 0.0433. The van der Waals surface area contributed by atoms with Crippen molar-refractivity contribution in [2.24, 2.45) is 10.9 Å². The van der Waals surface area contributed by atoms with Crippen LogP contribution in [0.15, 0.2) is 5.16 Å². The van der Waals surface area contributed by atoms with Crippen LogP contribution in [0.2, 0.25) is 0 Å². The van der Waals surface area contributed by atoms with Crippen LogP contribution >= 0.6 is 0 Å². The highest BCUT2D eigenvalue weighted by Gasteiger charge is 2.12. The third-order valence-corrected chi connectivity index (χ3v) is 2.02. The maximum absolute atomic E-state index is 8.73. The predicted octanol–water partition coefficient (Wildman–Crippen LogP) is -0.128. The molecule has 0 fully saturated rings. The van der Waals surface area contributed by atoms with Crippen LogP contribution in [0.25, 0.3) is 0 Å². The highest BCUT2D eigenvalue weighted by molar-refractivity contribution is 5.84. The van der Waals surface area contributed by atoms with E-state index in [0.717, 1.165) is 6.42 Å². The van der Waals surface area contributed by atoms with Gasteiger partial charge in [-0.15, -0.1) is 0 Å². The van der Waals surface area contributed by atoms with Crippen LogP contribution in [0.4, 0.5) is 0 Å². The Hall–Kier alpha value is -0.810. The molecule has 0 aliphatic carbocycles. The molecule has 5 N–H and O–H groups in total. The maximum atomic E-state index is 8.73. The molecule has 0 bridgehead atoms. The van der Waals surface area contributed by atoms with Crippen molar-refractivity contribution < 1.29 is 10.3 Å². The van der Waals surface area contributed by atoms with E-state index in [4.69, 9.17) is 16.0 Å². The van der Waals surface area contributed by atoms with Gasteiger partial charge in [-0.3, -0.25) is 0 Å². The Bertz CT molecular complexity index is 161. The summed E-state index contributed by atoms with van der Waals surface area (Å²) < 4.78 is 0. The fraction of sp³-hybridized carbons (Fsp3) is 0.875. The van der Waals surface area contributed by atoms with Crippen molar-refractivity contribution in [2.45, 2.75) is 38.8 Å². The Labute approximate surface area is 78.6 Å². The molecule has 5 nitrogen and oxygen atoms in total. The average molecular weight is 189 g/mol. The number of rotatable bonds is 6. The third kappa shape index (κ3) is 4.69. The molecule has 0 saturated heterocycles. The molecule has 2 atom stereocenters. The molecule has 0 heterocycles. The van der Waals surface area contributed by atoms with Crippen LogP contribution in [0.1, 0.15) is 26.7 Å². The van der Waals surface area contributed by atoms with E-state index in [0.29, 0.717) is 6.42 Å². The lowest BCUT2D eigenvalue weighted by atomic mass is 10.1. The molecule has 78 valence electrons. The van der Waals surface area contributed by atoms with Gasteiger partial charge in [0.25, 0.3) is 0 Å². The highest BCUT2D eigenvalue weighted by Crippen LogP contribution is 1.98. The van der Waals surface area contributed by atoms with Gasteiger partial charge in [0.05, 0.1) is 6.04 Å². The largest absolute Gasteiger partial charge is 0.409 e. The molecule has 2 unspecified atom stereocenters. The molecular weight excluding hydrogens is 170 g/mol. The molecule has 0 amide bonds. The van der Waals surface area contributed by atoms with E-state index in [9.17, 15) is 0 Å². The molecule has 0 aliphatic rings. The molecule has 0 aromatic carbocycles. The van der Waals surface area contributed by atoms with Gasteiger partial charge in [-0.25, -0.2) is 0 Å². The van der Waals surface area contributed by atoms with Crippen LogP contribution < -0.4 is 11.1 Å². The second-order valence-electron chi connectivity index (χ2n) is 3.03. The standard InChI is InChI=1S/C8H19N3O2/c1-3-7(4-5-12)10-6(2)8(9)11-13/h6-7,10,12-13H,3-5H2,1-2H3,(H2,9,11). The molecule has 5 heteroatoms. The van der Waals surface area contributed by atoms with Crippen molar-refractivity contribution >= 4 is 5.84 Å². The summed E-state index contributed by atoms with van der Waals surface area (Å²) >= 11 is 0. The molecular formula is C8H19N3O2. The summed E-state index contributed by atoms with van der Waals surface area (Å²) in [7, 11) is 0. The SMILES string of the molecule is CCC(CCO)NC(C)C(N)=NO. The van der Waals surface area contributed by atoms with E-state index in [-0.39, 0.29) is 24.5 Å². The van der Waals surface area contributed by atoms with Crippen LogP contribution in [-0.2, 0) is 0 Å². The molecule has 0 radical (unpaired) electrons. The predicted molar refractivity (Wildman–Crippen MR) is 51.8 cm³/mol. The molecule has 0 saturated carbocycles. The normalized spacial score (nSPS) is 17.0. The lowest BCUT2D eigenvalue weighted by Gasteiger charge is -2.20.